The van der Waals surface area contributed by atoms with Crippen LogP contribution in [0.15, 0.2) is 42.9 Å². The maximum absolute atomic E-state index is 11.6. The molecular weight excluding hydrogens is 204 g/mol. The molecule has 0 saturated carbocycles. The van der Waals surface area contributed by atoms with E-state index in [1.165, 1.54) is 0 Å². The molecule has 16 heavy (non-hydrogen) atoms. The van der Waals surface area contributed by atoms with Gasteiger partial charge in [0.2, 0.25) is 0 Å². The van der Waals surface area contributed by atoms with Gasteiger partial charge in [-0.15, -0.1) is 0 Å². The second-order valence-electron chi connectivity index (χ2n) is 3.13. The third-order valence-electron chi connectivity index (χ3n) is 2.00. The van der Waals surface area contributed by atoms with Gasteiger partial charge in [0.25, 0.3) is 5.91 Å². The molecule has 0 fully saturated rings. The van der Waals surface area contributed by atoms with E-state index in [1.54, 1.807) is 42.9 Å². The predicted octanol–water partition coefficient (Wildman–Crippen LogP) is 0.802. The molecule has 1 N–H and O–H groups in total. The van der Waals surface area contributed by atoms with Gasteiger partial charge in [-0.05, 0) is 24.3 Å². The molecule has 0 saturated heterocycles. The number of amides is 1. The molecule has 5 nitrogen and oxygen atoms in total. The summed E-state index contributed by atoms with van der Waals surface area (Å²) < 4.78 is 0. The van der Waals surface area contributed by atoms with E-state index >= 15 is 0 Å². The highest BCUT2D eigenvalue weighted by Crippen LogP contribution is 1.97. The van der Waals surface area contributed by atoms with Crippen LogP contribution in [0, 0.1) is 0 Å². The van der Waals surface area contributed by atoms with E-state index in [-0.39, 0.29) is 5.91 Å². The van der Waals surface area contributed by atoms with Crippen molar-refractivity contribution in [1.29, 1.82) is 0 Å². The van der Waals surface area contributed by atoms with Crippen LogP contribution in [0.25, 0.3) is 0 Å². The molecule has 0 aliphatic heterocycles. The Labute approximate surface area is 92.6 Å². The molecule has 2 heterocycles. The molecule has 0 aliphatic rings. The van der Waals surface area contributed by atoms with Crippen LogP contribution >= 0.6 is 0 Å². The molecule has 0 aliphatic carbocycles. The van der Waals surface area contributed by atoms with Crippen molar-refractivity contribution in [3.05, 3.63) is 54.1 Å². The van der Waals surface area contributed by atoms with Crippen molar-refractivity contribution in [1.82, 2.24) is 20.5 Å². The van der Waals surface area contributed by atoms with E-state index in [4.69, 9.17) is 0 Å². The van der Waals surface area contributed by atoms with Crippen LogP contribution in [0.3, 0.4) is 0 Å². The highest BCUT2D eigenvalue weighted by atomic mass is 16.1. The van der Waals surface area contributed by atoms with Crippen LogP contribution in [0.5, 0.6) is 0 Å². The maximum Gasteiger partial charge on any atom is 0.251 e. The minimum atomic E-state index is -0.145. The Morgan fingerprint density at radius 1 is 1.19 bits per heavy atom. The molecule has 2 aromatic heterocycles. The van der Waals surface area contributed by atoms with Gasteiger partial charge in [0.05, 0.1) is 12.2 Å². The van der Waals surface area contributed by atoms with Gasteiger partial charge in [-0.2, -0.15) is 10.2 Å². The minimum Gasteiger partial charge on any atom is -0.346 e. The lowest BCUT2D eigenvalue weighted by Crippen LogP contribution is -2.23. The Hall–Kier alpha value is -2.30. The van der Waals surface area contributed by atoms with Crippen LogP contribution in [-0.2, 0) is 6.54 Å². The van der Waals surface area contributed by atoms with Crippen molar-refractivity contribution in [2.45, 2.75) is 6.54 Å². The average Bonchev–Trinajstić information content (AvgIpc) is 2.38. The van der Waals surface area contributed by atoms with E-state index in [2.05, 4.69) is 20.5 Å². The molecule has 1 amide bonds. The average molecular weight is 214 g/mol. The molecule has 0 bridgehead atoms. The largest absolute Gasteiger partial charge is 0.346 e. The molecule has 0 radical (unpaired) electrons. The van der Waals surface area contributed by atoms with Crippen LogP contribution in [0.2, 0.25) is 0 Å². The topological polar surface area (TPSA) is 67.8 Å². The number of rotatable bonds is 3. The lowest BCUT2D eigenvalue weighted by molar-refractivity contribution is 0.0950. The molecular formula is C11H10N4O. The first-order valence-electron chi connectivity index (χ1n) is 4.81. The molecule has 2 aromatic rings. The molecule has 0 aromatic carbocycles. The number of carbonyl (C=O) groups is 1. The zero-order valence-corrected chi connectivity index (χ0v) is 8.50. The Balaban J connectivity index is 1.95. The SMILES string of the molecule is O=C(NCc1cccnn1)c1ccncc1. The first kappa shape index (κ1) is 10.2. The summed E-state index contributed by atoms with van der Waals surface area (Å²) in [5.41, 5.74) is 1.31. The van der Waals surface area contributed by atoms with Crippen LogP contribution < -0.4 is 5.32 Å². The van der Waals surface area contributed by atoms with E-state index in [1.807, 2.05) is 0 Å². The van der Waals surface area contributed by atoms with E-state index in [0.29, 0.717) is 12.1 Å². The number of aromatic nitrogens is 3. The van der Waals surface area contributed by atoms with E-state index in [9.17, 15) is 4.79 Å². The number of hydrogen-bond acceptors (Lipinski definition) is 4. The van der Waals surface area contributed by atoms with E-state index in [0.717, 1.165) is 5.69 Å². The number of hydrogen-bond donors (Lipinski definition) is 1. The van der Waals surface area contributed by atoms with Crippen LogP contribution in [-0.4, -0.2) is 21.1 Å². The van der Waals surface area contributed by atoms with Crippen molar-refractivity contribution in [2.24, 2.45) is 0 Å². The monoisotopic (exact) mass is 214 g/mol. The van der Waals surface area contributed by atoms with Crippen LogP contribution in [0.1, 0.15) is 16.1 Å². The summed E-state index contributed by atoms with van der Waals surface area (Å²) in [6, 6.07) is 6.90. The van der Waals surface area contributed by atoms with Gasteiger partial charge in [-0.1, -0.05) is 0 Å². The fraction of sp³-hybridized carbons (Fsp3) is 0.0909. The molecule has 5 heteroatoms. The number of pyridine rings is 1. The smallest absolute Gasteiger partial charge is 0.251 e. The molecule has 0 atom stereocenters. The quantitative estimate of drug-likeness (QED) is 0.820. The van der Waals surface area contributed by atoms with Gasteiger partial charge < -0.3 is 5.32 Å². The lowest BCUT2D eigenvalue weighted by Gasteiger charge is -2.03. The first-order chi connectivity index (χ1) is 7.86. The van der Waals surface area contributed by atoms with Gasteiger partial charge >= 0.3 is 0 Å². The zero-order chi connectivity index (χ0) is 11.2. The second kappa shape index (κ2) is 4.97. The van der Waals surface area contributed by atoms with Crippen molar-refractivity contribution < 1.29 is 4.79 Å². The summed E-state index contributed by atoms with van der Waals surface area (Å²) in [5.74, 6) is -0.145. The van der Waals surface area contributed by atoms with Crippen LogP contribution in [0.4, 0.5) is 0 Å². The molecule has 80 valence electrons. The maximum atomic E-state index is 11.6. The standard InChI is InChI=1S/C11H10N4O/c16-11(9-3-6-12-7-4-9)13-8-10-2-1-5-14-15-10/h1-7H,8H2,(H,13,16). The fourth-order valence-electron chi connectivity index (χ4n) is 1.20. The second-order valence-corrected chi connectivity index (χ2v) is 3.13. The highest BCUT2D eigenvalue weighted by Gasteiger charge is 2.04. The van der Waals surface area contributed by atoms with Gasteiger partial charge in [-0.25, -0.2) is 0 Å². The lowest BCUT2D eigenvalue weighted by atomic mass is 10.2. The number of nitrogens with one attached hydrogen (secondary N) is 1. The molecule has 2 rings (SSSR count). The zero-order valence-electron chi connectivity index (χ0n) is 8.50. The molecule has 0 unspecified atom stereocenters. The van der Waals surface area contributed by atoms with Crippen molar-refractivity contribution in [3.63, 3.8) is 0 Å². The third-order valence-corrected chi connectivity index (χ3v) is 2.00. The van der Waals surface area contributed by atoms with Gasteiger partial charge in [0.15, 0.2) is 0 Å². The Morgan fingerprint density at radius 2 is 2.00 bits per heavy atom. The number of carbonyl (C=O) groups excluding carboxylic acids is 1. The normalized spacial score (nSPS) is 9.75. The summed E-state index contributed by atoms with van der Waals surface area (Å²) in [7, 11) is 0. The summed E-state index contributed by atoms with van der Waals surface area (Å²) in [6.45, 7) is 0.370. The fourth-order valence-corrected chi connectivity index (χ4v) is 1.20. The van der Waals surface area contributed by atoms with Crippen molar-refractivity contribution in [2.75, 3.05) is 0 Å². The highest BCUT2D eigenvalue weighted by molar-refractivity contribution is 5.93. The summed E-state index contributed by atoms with van der Waals surface area (Å²) >= 11 is 0. The summed E-state index contributed by atoms with van der Waals surface area (Å²) in [5, 5.41) is 10.3. The first-order valence-corrected chi connectivity index (χ1v) is 4.81. The summed E-state index contributed by atoms with van der Waals surface area (Å²) in [4.78, 5) is 15.5. The predicted molar refractivity (Wildman–Crippen MR) is 57.4 cm³/mol. The van der Waals surface area contributed by atoms with Crippen molar-refractivity contribution >= 4 is 5.91 Å². The van der Waals surface area contributed by atoms with Gasteiger partial charge in [0.1, 0.15) is 0 Å². The molecule has 0 spiro atoms. The Morgan fingerprint density at radius 3 is 2.69 bits per heavy atom. The Kier molecular flexibility index (Phi) is 3.18. The Bertz CT molecular complexity index is 458. The van der Waals surface area contributed by atoms with Gasteiger partial charge in [0, 0.05) is 24.2 Å². The summed E-state index contributed by atoms with van der Waals surface area (Å²) in [6.07, 6.45) is 4.75. The van der Waals surface area contributed by atoms with Crippen molar-refractivity contribution in [3.8, 4) is 0 Å². The van der Waals surface area contributed by atoms with Gasteiger partial charge in [-0.3, -0.25) is 9.78 Å². The third kappa shape index (κ3) is 2.60. The van der Waals surface area contributed by atoms with E-state index < -0.39 is 0 Å². The minimum absolute atomic E-state index is 0.145. The number of nitrogens with zero attached hydrogens (tertiary/aromatic N) is 3.